The first kappa shape index (κ1) is 18.8. The van der Waals surface area contributed by atoms with Gasteiger partial charge in [0.2, 0.25) is 0 Å². The Hall–Kier alpha value is -0.240. The van der Waals surface area contributed by atoms with Gasteiger partial charge in [0.25, 0.3) is 0 Å². The summed E-state index contributed by atoms with van der Waals surface area (Å²) in [5, 5.41) is 0. The van der Waals surface area contributed by atoms with Gasteiger partial charge in [0, 0.05) is 25.7 Å². The maximum atomic E-state index is 6.49. The van der Waals surface area contributed by atoms with Gasteiger partial charge in [0.15, 0.2) is 17.9 Å². The molecule has 0 unspecified atom stereocenters. The molecule has 5 aliphatic rings. The molecule has 0 amide bonds. The minimum absolute atomic E-state index is 0.0947. The molecule has 5 rings (SSSR count). The second kappa shape index (κ2) is 7.22. The minimum Gasteiger partial charge on any atom is -0.370 e. The van der Waals surface area contributed by atoms with Crippen molar-refractivity contribution < 1.29 is 28.4 Å². The Bertz CT molecular complexity index is 525. The van der Waals surface area contributed by atoms with Crippen LogP contribution in [0.4, 0.5) is 0 Å². The average Bonchev–Trinajstić information content (AvgIpc) is 3.29. The molecule has 0 aromatic carbocycles. The molecular formula is C21H34O6. The summed E-state index contributed by atoms with van der Waals surface area (Å²) < 4.78 is 38.1. The lowest BCUT2D eigenvalue weighted by Crippen LogP contribution is -2.46. The lowest BCUT2D eigenvalue weighted by Gasteiger charge is -2.36. The normalized spacial score (nSPS) is 43.0. The predicted octanol–water partition coefficient (Wildman–Crippen LogP) is 3.66. The fraction of sp³-hybridized carbons (Fsp3) is 1.00. The fourth-order valence-electron chi connectivity index (χ4n) is 5.54. The molecule has 0 aromatic rings. The Balaban J connectivity index is 1.30. The molecule has 0 aromatic heterocycles. The highest BCUT2D eigenvalue weighted by molar-refractivity contribution is 5.01. The van der Waals surface area contributed by atoms with Gasteiger partial charge in [-0.1, -0.05) is 12.8 Å². The molecule has 5 fully saturated rings. The Morgan fingerprint density at radius 2 is 1.44 bits per heavy atom. The van der Waals surface area contributed by atoms with Crippen molar-refractivity contribution >= 4 is 0 Å². The molecule has 2 saturated carbocycles. The SMILES string of the molecule is CC(C)O[C@H]1[C@@H]2OC3(CCCCC3)O[C@H]2O[C@H]1[C@@H]1COC2(CCCCC2)O1. The first-order chi connectivity index (χ1) is 13.1. The van der Waals surface area contributed by atoms with Crippen LogP contribution < -0.4 is 0 Å². The highest BCUT2D eigenvalue weighted by atomic mass is 16.9. The van der Waals surface area contributed by atoms with Crippen molar-refractivity contribution in [3.8, 4) is 0 Å². The zero-order chi connectivity index (χ0) is 18.5. The van der Waals surface area contributed by atoms with E-state index in [4.69, 9.17) is 28.4 Å². The molecule has 154 valence electrons. The maximum absolute atomic E-state index is 6.49. The summed E-state index contributed by atoms with van der Waals surface area (Å²) in [6.45, 7) is 4.68. The maximum Gasteiger partial charge on any atom is 0.190 e. The molecule has 6 heteroatoms. The van der Waals surface area contributed by atoms with Gasteiger partial charge in [-0.15, -0.1) is 0 Å². The standard InChI is InChI=1S/C21H34O6/c1-14(2)23-17-16(15-13-22-20(25-15)9-5-3-6-10-20)24-19-18(17)26-21(27-19)11-7-4-8-12-21/h14-19H,3-13H2,1-2H3/t15-,16-,17+,18-,19+/m0/s1. The lowest BCUT2D eigenvalue weighted by molar-refractivity contribution is -0.264. The Morgan fingerprint density at radius 1 is 0.778 bits per heavy atom. The minimum atomic E-state index is -0.464. The molecule has 0 radical (unpaired) electrons. The highest BCUT2D eigenvalue weighted by Crippen LogP contribution is 2.48. The number of ether oxygens (including phenoxy) is 6. The van der Waals surface area contributed by atoms with Crippen LogP contribution in [-0.2, 0) is 28.4 Å². The van der Waals surface area contributed by atoms with Crippen molar-refractivity contribution in [3.63, 3.8) is 0 Å². The van der Waals surface area contributed by atoms with Gasteiger partial charge in [-0.2, -0.15) is 0 Å². The van der Waals surface area contributed by atoms with Crippen molar-refractivity contribution in [1.29, 1.82) is 0 Å². The third-order valence-electron chi connectivity index (χ3n) is 6.79. The van der Waals surface area contributed by atoms with Crippen LogP contribution in [0.25, 0.3) is 0 Å². The second-order valence-corrected chi connectivity index (χ2v) is 9.23. The largest absolute Gasteiger partial charge is 0.370 e. The fourth-order valence-corrected chi connectivity index (χ4v) is 5.54. The van der Waals surface area contributed by atoms with Crippen molar-refractivity contribution in [2.45, 2.75) is 126 Å². The highest BCUT2D eigenvalue weighted by Gasteiger charge is 2.61. The van der Waals surface area contributed by atoms with Gasteiger partial charge in [-0.25, -0.2) is 0 Å². The summed E-state index contributed by atoms with van der Waals surface area (Å²) in [7, 11) is 0. The zero-order valence-corrected chi connectivity index (χ0v) is 16.7. The Kier molecular flexibility index (Phi) is 5.02. The Morgan fingerprint density at radius 3 is 2.11 bits per heavy atom. The lowest BCUT2D eigenvalue weighted by atomic mass is 9.94. The molecule has 0 bridgehead atoms. The quantitative estimate of drug-likeness (QED) is 0.743. The molecular weight excluding hydrogens is 348 g/mol. The topological polar surface area (TPSA) is 55.4 Å². The van der Waals surface area contributed by atoms with E-state index in [1.807, 2.05) is 0 Å². The summed E-state index contributed by atoms with van der Waals surface area (Å²) in [6, 6.07) is 0. The summed E-state index contributed by atoms with van der Waals surface area (Å²) in [4.78, 5) is 0. The first-order valence-corrected chi connectivity index (χ1v) is 11.1. The third-order valence-corrected chi connectivity index (χ3v) is 6.79. The molecule has 3 heterocycles. The summed E-state index contributed by atoms with van der Waals surface area (Å²) in [5.41, 5.74) is 0. The van der Waals surface area contributed by atoms with Crippen molar-refractivity contribution in [2.75, 3.05) is 6.61 Å². The molecule has 6 nitrogen and oxygen atoms in total. The van der Waals surface area contributed by atoms with Crippen LogP contribution in [0.3, 0.4) is 0 Å². The first-order valence-electron chi connectivity index (χ1n) is 11.1. The molecule has 27 heavy (non-hydrogen) atoms. The van der Waals surface area contributed by atoms with E-state index in [-0.39, 0.29) is 36.8 Å². The molecule has 0 N–H and O–H groups in total. The summed E-state index contributed by atoms with van der Waals surface area (Å²) >= 11 is 0. The molecule has 5 atom stereocenters. The number of hydrogen-bond acceptors (Lipinski definition) is 6. The van der Waals surface area contributed by atoms with Crippen molar-refractivity contribution in [2.24, 2.45) is 0 Å². The van der Waals surface area contributed by atoms with E-state index in [0.29, 0.717) is 6.61 Å². The van der Waals surface area contributed by atoms with E-state index in [2.05, 4.69) is 13.8 Å². The van der Waals surface area contributed by atoms with Gasteiger partial charge < -0.3 is 28.4 Å². The van der Waals surface area contributed by atoms with E-state index in [1.165, 1.54) is 25.7 Å². The number of fused-ring (bicyclic) bond motifs is 1. The molecule has 3 aliphatic heterocycles. The third kappa shape index (κ3) is 3.47. The van der Waals surface area contributed by atoms with Crippen LogP contribution in [0.15, 0.2) is 0 Å². The number of rotatable bonds is 3. The van der Waals surface area contributed by atoms with E-state index in [9.17, 15) is 0 Å². The van der Waals surface area contributed by atoms with Crippen molar-refractivity contribution in [1.82, 2.24) is 0 Å². The van der Waals surface area contributed by atoms with Gasteiger partial charge in [-0.3, -0.25) is 0 Å². The van der Waals surface area contributed by atoms with Crippen LogP contribution in [-0.4, -0.2) is 55.0 Å². The van der Waals surface area contributed by atoms with Crippen LogP contribution in [0, 0.1) is 0 Å². The second-order valence-electron chi connectivity index (χ2n) is 9.23. The Labute approximate surface area is 162 Å². The molecule has 2 spiro atoms. The number of hydrogen-bond donors (Lipinski definition) is 0. The smallest absolute Gasteiger partial charge is 0.190 e. The zero-order valence-electron chi connectivity index (χ0n) is 16.7. The van der Waals surface area contributed by atoms with E-state index in [1.54, 1.807) is 0 Å². The molecule has 2 aliphatic carbocycles. The predicted molar refractivity (Wildman–Crippen MR) is 97.1 cm³/mol. The van der Waals surface area contributed by atoms with E-state index in [0.717, 1.165) is 38.5 Å². The van der Waals surface area contributed by atoms with E-state index < -0.39 is 11.6 Å². The van der Waals surface area contributed by atoms with Gasteiger partial charge >= 0.3 is 0 Å². The van der Waals surface area contributed by atoms with Crippen LogP contribution in [0.2, 0.25) is 0 Å². The van der Waals surface area contributed by atoms with Gasteiger partial charge in [0.05, 0.1) is 12.7 Å². The molecule has 3 saturated heterocycles. The van der Waals surface area contributed by atoms with Crippen LogP contribution in [0.5, 0.6) is 0 Å². The van der Waals surface area contributed by atoms with Crippen LogP contribution in [0.1, 0.15) is 78.1 Å². The average molecular weight is 382 g/mol. The summed E-state index contributed by atoms with van der Waals surface area (Å²) in [5.74, 6) is -0.868. The van der Waals surface area contributed by atoms with Crippen LogP contribution >= 0.6 is 0 Å². The van der Waals surface area contributed by atoms with Gasteiger partial charge in [0.1, 0.15) is 24.4 Å². The van der Waals surface area contributed by atoms with Gasteiger partial charge in [-0.05, 0) is 39.5 Å². The monoisotopic (exact) mass is 382 g/mol. The van der Waals surface area contributed by atoms with Crippen molar-refractivity contribution in [3.05, 3.63) is 0 Å². The van der Waals surface area contributed by atoms with E-state index >= 15 is 0 Å². The summed E-state index contributed by atoms with van der Waals surface area (Å²) in [6.07, 6.45) is 10.1.